The van der Waals surface area contributed by atoms with Gasteiger partial charge in [0.1, 0.15) is 5.82 Å². The number of likely N-dealkylation sites (N-methyl/N-ethyl adjacent to an activating group) is 1. The van der Waals surface area contributed by atoms with Crippen LogP contribution in [0.5, 0.6) is 0 Å². The van der Waals surface area contributed by atoms with Gasteiger partial charge in [0.25, 0.3) is 0 Å². The number of hydrogen-bond acceptors (Lipinski definition) is 5. The third-order valence-corrected chi connectivity index (χ3v) is 7.01. The maximum absolute atomic E-state index is 14.1. The molecule has 0 bridgehead atoms. The zero-order chi connectivity index (χ0) is 21.7. The first-order valence-electron chi connectivity index (χ1n) is 9.72. The molecule has 1 atom stereocenters. The van der Waals surface area contributed by atoms with E-state index in [0.717, 1.165) is 13.0 Å². The summed E-state index contributed by atoms with van der Waals surface area (Å²) in [6.07, 6.45) is 3.83. The van der Waals surface area contributed by atoms with Gasteiger partial charge in [-0.1, -0.05) is 0 Å². The van der Waals surface area contributed by atoms with Gasteiger partial charge in [0, 0.05) is 44.6 Å². The van der Waals surface area contributed by atoms with Crippen molar-refractivity contribution in [3.05, 3.63) is 54.1 Å². The fraction of sp³-hybridized carbons (Fsp3) is 0.400. The zero-order valence-corrected chi connectivity index (χ0v) is 17.8. The van der Waals surface area contributed by atoms with Crippen LogP contribution < -0.4 is 10.6 Å². The van der Waals surface area contributed by atoms with Crippen molar-refractivity contribution in [1.82, 2.24) is 14.2 Å². The SMILES string of the molecule is CCS(=O)(=O)N(C)[C@H]1CCN(Cc2cc(F)cc(NC(=O)Nc3cccnc3)c2)C1. The van der Waals surface area contributed by atoms with Crippen molar-refractivity contribution in [2.24, 2.45) is 0 Å². The van der Waals surface area contributed by atoms with Gasteiger partial charge in [0.05, 0.1) is 17.6 Å². The molecule has 2 aromatic rings. The molecule has 1 aliphatic heterocycles. The van der Waals surface area contributed by atoms with Gasteiger partial charge in [0.15, 0.2) is 0 Å². The summed E-state index contributed by atoms with van der Waals surface area (Å²) >= 11 is 0. The Morgan fingerprint density at radius 2 is 2.07 bits per heavy atom. The molecule has 0 saturated carbocycles. The van der Waals surface area contributed by atoms with Crippen LogP contribution in [0.2, 0.25) is 0 Å². The maximum Gasteiger partial charge on any atom is 0.323 e. The molecule has 0 radical (unpaired) electrons. The summed E-state index contributed by atoms with van der Waals surface area (Å²) in [6.45, 7) is 3.39. The molecule has 162 valence electrons. The van der Waals surface area contributed by atoms with Crippen LogP contribution in [0.4, 0.5) is 20.6 Å². The Morgan fingerprint density at radius 1 is 1.30 bits per heavy atom. The number of anilines is 2. The molecule has 8 nitrogen and oxygen atoms in total. The molecule has 0 unspecified atom stereocenters. The van der Waals surface area contributed by atoms with E-state index in [0.29, 0.717) is 30.0 Å². The number of rotatable bonds is 7. The first-order chi connectivity index (χ1) is 14.3. The van der Waals surface area contributed by atoms with E-state index >= 15 is 0 Å². The van der Waals surface area contributed by atoms with Gasteiger partial charge >= 0.3 is 6.03 Å². The summed E-state index contributed by atoms with van der Waals surface area (Å²) in [4.78, 5) is 18.1. The largest absolute Gasteiger partial charge is 0.323 e. The molecule has 1 aliphatic rings. The number of carbonyl (C=O) groups is 1. The third kappa shape index (κ3) is 5.74. The van der Waals surface area contributed by atoms with E-state index in [1.807, 2.05) is 0 Å². The number of nitrogens with zero attached hydrogens (tertiary/aromatic N) is 3. The molecule has 2 amide bonds. The Kier molecular flexibility index (Phi) is 7.01. The molecule has 3 rings (SSSR count). The van der Waals surface area contributed by atoms with Crippen molar-refractivity contribution < 1.29 is 17.6 Å². The quantitative estimate of drug-likeness (QED) is 0.697. The summed E-state index contributed by atoms with van der Waals surface area (Å²) in [5.41, 5.74) is 1.57. The van der Waals surface area contributed by atoms with Crippen molar-refractivity contribution in [2.45, 2.75) is 25.9 Å². The number of urea groups is 1. The first kappa shape index (κ1) is 22.1. The van der Waals surface area contributed by atoms with E-state index in [4.69, 9.17) is 0 Å². The lowest BCUT2D eigenvalue weighted by molar-refractivity contribution is 0.262. The number of carbonyl (C=O) groups excluding carboxylic acids is 1. The second kappa shape index (κ2) is 9.50. The normalized spacial score (nSPS) is 17.3. The van der Waals surface area contributed by atoms with E-state index in [-0.39, 0.29) is 11.8 Å². The highest BCUT2D eigenvalue weighted by Crippen LogP contribution is 2.22. The van der Waals surface area contributed by atoms with Crippen LogP contribution in [-0.2, 0) is 16.6 Å². The second-order valence-corrected chi connectivity index (χ2v) is 9.58. The summed E-state index contributed by atoms with van der Waals surface area (Å²) < 4.78 is 39.7. The molecule has 0 spiro atoms. The van der Waals surface area contributed by atoms with Crippen molar-refractivity contribution in [2.75, 3.05) is 36.5 Å². The molecular weight excluding hydrogens is 409 g/mol. The van der Waals surface area contributed by atoms with Crippen molar-refractivity contribution in [3.63, 3.8) is 0 Å². The number of pyridine rings is 1. The van der Waals surface area contributed by atoms with Crippen LogP contribution in [-0.4, -0.2) is 60.6 Å². The van der Waals surface area contributed by atoms with E-state index < -0.39 is 21.9 Å². The van der Waals surface area contributed by atoms with Crippen LogP contribution >= 0.6 is 0 Å². The standard InChI is InChI=1S/C20H26FN5O3S/c1-3-30(28,29)25(2)19-6-8-26(14-19)13-15-9-16(21)11-18(10-15)24-20(27)23-17-5-4-7-22-12-17/h4-5,7,9-12,19H,3,6,8,13-14H2,1-2H3,(H2,23,24,27)/t19-/m0/s1. The molecular formula is C20H26FN5O3S. The van der Waals surface area contributed by atoms with Crippen LogP contribution in [0.3, 0.4) is 0 Å². The Labute approximate surface area is 176 Å². The number of likely N-dealkylation sites (tertiary alicyclic amines) is 1. The minimum atomic E-state index is -3.24. The van der Waals surface area contributed by atoms with Gasteiger partial charge in [-0.25, -0.2) is 21.9 Å². The predicted octanol–water partition coefficient (Wildman–Crippen LogP) is 2.72. The fourth-order valence-electron chi connectivity index (χ4n) is 3.49. The summed E-state index contributed by atoms with van der Waals surface area (Å²) in [5.74, 6) is -0.384. The Hall–Kier alpha value is -2.56. The molecule has 30 heavy (non-hydrogen) atoms. The van der Waals surface area contributed by atoms with Gasteiger partial charge in [-0.05, 0) is 49.2 Å². The van der Waals surface area contributed by atoms with Gasteiger partial charge in [-0.15, -0.1) is 0 Å². The maximum atomic E-state index is 14.1. The third-order valence-electron chi connectivity index (χ3n) is 5.11. The van der Waals surface area contributed by atoms with Crippen LogP contribution in [0.25, 0.3) is 0 Å². The first-order valence-corrected chi connectivity index (χ1v) is 11.3. The Balaban J connectivity index is 1.61. The van der Waals surface area contributed by atoms with E-state index in [1.165, 1.54) is 22.6 Å². The topological polar surface area (TPSA) is 94.6 Å². The van der Waals surface area contributed by atoms with E-state index in [1.54, 1.807) is 38.4 Å². The number of sulfonamides is 1. The second-order valence-electron chi connectivity index (χ2n) is 7.26. The predicted molar refractivity (Wildman–Crippen MR) is 114 cm³/mol. The van der Waals surface area contributed by atoms with Gasteiger partial charge < -0.3 is 10.6 Å². The number of nitrogens with one attached hydrogen (secondary N) is 2. The average Bonchev–Trinajstić information content (AvgIpc) is 3.15. The van der Waals surface area contributed by atoms with Crippen molar-refractivity contribution in [1.29, 1.82) is 0 Å². The minimum absolute atomic E-state index is 0.0695. The molecule has 1 fully saturated rings. The molecule has 2 N–H and O–H groups in total. The highest BCUT2D eigenvalue weighted by molar-refractivity contribution is 7.89. The summed E-state index contributed by atoms with van der Waals surface area (Å²) in [6, 6.07) is 7.20. The van der Waals surface area contributed by atoms with Gasteiger partial charge in [0.2, 0.25) is 10.0 Å². The zero-order valence-electron chi connectivity index (χ0n) is 17.0. The monoisotopic (exact) mass is 435 g/mol. The lowest BCUT2D eigenvalue weighted by atomic mass is 10.2. The van der Waals surface area contributed by atoms with Crippen LogP contribution in [0.15, 0.2) is 42.7 Å². The van der Waals surface area contributed by atoms with Gasteiger partial charge in [-0.2, -0.15) is 0 Å². The lowest BCUT2D eigenvalue weighted by Crippen LogP contribution is -2.39. The van der Waals surface area contributed by atoms with Crippen LogP contribution in [0, 0.1) is 5.82 Å². The Morgan fingerprint density at radius 3 is 2.77 bits per heavy atom. The summed E-state index contributed by atoms with van der Waals surface area (Å²) in [7, 11) is -1.63. The van der Waals surface area contributed by atoms with E-state index in [2.05, 4.69) is 20.5 Å². The highest BCUT2D eigenvalue weighted by atomic mass is 32.2. The Bertz CT molecular complexity index is 987. The number of hydrogen-bond donors (Lipinski definition) is 2. The molecule has 2 heterocycles. The smallest absolute Gasteiger partial charge is 0.308 e. The van der Waals surface area contributed by atoms with Gasteiger partial charge in [-0.3, -0.25) is 9.88 Å². The minimum Gasteiger partial charge on any atom is -0.308 e. The summed E-state index contributed by atoms with van der Waals surface area (Å²) in [5, 5.41) is 5.26. The fourth-order valence-corrected chi connectivity index (χ4v) is 4.52. The number of amides is 2. The lowest BCUT2D eigenvalue weighted by Gasteiger charge is -2.24. The number of aromatic nitrogens is 1. The molecule has 1 aromatic heterocycles. The number of benzene rings is 1. The molecule has 1 aromatic carbocycles. The average molecular weight is 436 g/mol. The molecule has 0 aliphatic carbocycles. The molecule has 1 saturated heterocycles. The van der Waals surface area contributed by atoms with Crippen LogP contribution in [0.1, 0.15) is 18.9 Å². The highest BCUT2D eigenvalue weighted by Gasteiger charge is 2.31. The molecule has 10 heteroatoms. The van der Waals surface area contributed by atoms with E-state index in [9.17, 15) is 17.6 Å². The van der Waals surface area contributed by atoms with Crippen molar-refractivity contribution in [3.8, 4) is 0 Å². The number of halogens is 1. The van der Waals surface area contributed by atoms with Crippen molar-refractivity contribution >= 4 is 27.4 Å².